The van der Waals surface area contributed by atoms with Crippen LogP contribution in [0.15, 0.2) is 0 Å². The maximum absolute atomic E-state index is 11.0. The van der Waals surface area contributed by atoms with E-state index in [1.165, 1.54) is 7.11 Å². The predicted octanol–water partition coefficient (Wildman–Crippen LogP) is 0.660. The number of carbonyl (C=O) groups is 2. The van der Waals surface area contributed by atoms with Gasteiger partial charge in [0.05, 0.1) is 18.9 Å². The molecular weight excluding hydrogens is 160 g/mol. The molecule has 0 aromatic heterocycles. The monoisotopic (exact) mass is 172 g/mol. The van der Waals surface area contributed by atoms with E-state index in [2.05, 4.69) is 4.74 Å². The molecule has 68 valence electrons. The summed E-state index contributed by atoms with van der Waals surface area (Å²) in [4.78, 5) is 21.7. The lowest BCUT2D eigenvalue weighted by Crippen LogP contribution is -2.26. The first-order chi connectivity index (χ1) is 5.66. The summed E-state index contributed by atoms with van der Waals surface area (Å²) in [5, 5.41) is 8.72. The van der Waals surface area contributed by atoms with Gasteiger partial charge in [-0.2, -0.15) is 0 Å². The molecule has 0 heterocycles. The second-order valence-corrected chi connectivity index (χ2v) is 3.01. The fraction of sp³-hybridized carbons (Fsp3) is 0.750. The van der Waals surface area contributed by atoms with E-state index in [9.17, 15) is 9.59 Å². The van der Waals surface area contributed by atoms with Crippen molar-refractivity contribution in [3.63, 3.8) is 0 Å². The number of carbonyl (C=O) groups excluding carboxylic acids is 1. The van der Waals surface area contributed by atoms with E-state index in [1.54, 1.807) is 0 Å². The largest absolute Gasteiger partial charge is 0.481 e. The minimum Gasteiger partial charge on any atom is -0.481 e. The standard InChI is InChI=1S/C8H12O4/c1-12-8(11)6-4-2-3-5(6)7(9)10/h5-6H,2-4H2,1H3,(H,9,10)/t5-,6-/m0/s1. The van der Waals surface area contributed by atoms with Crippen molar-refractivity contribution in [1.29, 1.82) is 0 Å². The van der Waals surface area contributed by atoms with Crippen LogP contribution in [0.25, 0.3) is 0 Å². The van der Waals surface area contributed by atoms with Gasteiger partial charge in [0, 0.05) is 0 Å². The van der Waals surface area contributed by atoms with Crippen molar-refractivity contribution in [2.45, 2.75) is 19.3 Å². The molecule has 1 aliphatic rings. The lowest BCUT2D eigenvalue weighted by molar-refractivity contribution is -0.154. The van der Waals surface area contributed by atoms with Gasteiger partial charge in [-0.05, 0) is 12.8 Å². The molecule has 0 unspecified atom stereocenters. The molecule has 1 saturated carbocycles. The fourth-order valence-electron chi connectivity index (χ4n) is 1.69. The molecule has 0 aromatic rings. The van der Waals surface area contributed by atoms with Gasteiger partial charge in [0.15, 0.2) is 0 Å². The van der Waals surface area contributed by atoms with Crippen molar-refractivity contribution in [1.82, 2.24) is 0 Å². The minimum atomic E-state index is -0.886. The maximum atomic E-state index is 11.0. The molecule has 1 rings (SSSR count). The third-order valence-corrected chi connectivity index (χ3v) is 2.34. The first-order valence-electron chi connectivity index (χ1n) is 3.97. The lowest BCUT2D eigenvalue weighted by Gasteiger charge is -2.12. The molecule has 0 radical (unpaired) electrons. The molecule has 0 spiro atoms. The Balaban J connectivity index is 2.63. The maximum Gasteiger partial charge on any atom is 0.309 e. The number of hydrogen-bond acceptors (Lipinski definition) is 3. The van der Waals surface area contributed by atoms with Gasteiger partial charge >= 0.3 is 11.9 Å². The van der Waals surface area contributed by atoms with Gasteiger partial charge < -0.3 is 9.84 Å². The highest BCUT2D eigenvalue weighted by Crippen LogP contribution is 2.32. The van der Waals surface area contributed by atoms with Crippen LogP contribution in [0.2, 0.25) is 0 Å². The van der Waals surface area contributed by atoms with Crippen LogP contribution in [0.1, 0.15) is 19.3 Å². The Bertz CT molecular complexity index is 199. The van der Waals surface area contributed by atoms with Crippen LogP contribution in [0.5, 0.6) is 0 Å². The highest BCUT2D eigenvalue weighted by Gasteiger charge is 2.38. The Labute approximate surface area is 70.5 Å². The Morgan fingerprint density at radius 1 is 1.33 bits per heavy atom. The van der Waals surface area contributed by atoms with E-state index < -0.39 is 17.8 Å². The van der Waals surface area contributed by atoms with Crippen LogP contribution >= 0.6 is 0 Å². The third-order valence-electron chi connectivity index (χ3n) is 2.34. The zero-order valence-electron chi connectivity index (χ0n) is 6.95. The molecule has 0 aromatic carbocycles. The van der Waals surface area contributed by atoms with Crippen LogP contribution < -0.4 is 0 Å². The molecular formula is C8H12O4. The summed E-state index contributed by atoms with van der Waals surface area (Å²) in [6, 6.07) is 0. The molecule has 0 amide bonds. The highest BCUT2D eigenvalue weighted by atomic mass is 16.5. The van der Waals surface area contributed by atoms with Crippen LogP contribution in [-0.4, -0.2) is 24.2 Å². The second kappa shape index (κ2) is 3.56. The summed E-state index contributed by atoms with van der Waals surface area (Å²) in [7, 11) is 1.29. The van der Waals surface area contributed by atoms with Crippen molar-refractivity contribution in [2.24, 2.45) is 11.8 Å². The summed E-state index contributed by atoms with van der Waals surface area (Å²) in [6.07, 6.45) is 2.04. The summed E-state index contributed by atoms with van der Waals surface area (Å²) >= 11 is 0. The van der Waals surface area contributed by atoms with E-state index in [4.69, 9.17) is 5.11 Å². The summed E-state index contributed by atoms with van der Waals surface area (Å²) in [5.74, 6) is -2.23. The SMILES string of the molecule is COC(=O)[C@H]1CCC[C@@H]1C(=O)O. The van der Waals surface area contributed by atoms with E-state index in [1.807, 2.05) is 0 Å². The minimum absolute atomic E-state index is 0.389. The number of aliphatic carboxylic acids is 1. The topological polar surface area (TPSA) is 63.6 Å². The number of ether oxygens (including phenoxy) is 1. The summed E-state index contributed by atoms with van der Waals surface area (Å²) < 4.78 is 4.51. The molecule has 4 heteroatoms. The third kappa shape index (κ3) is 1.57. The first kappa shape index (κ1) is 9.03. The predicted molar refractivity (Wildman–Crippen MR) is 40.5 cm³/mol. The van der Waals surface area contributed by atoms with E-state index in [-0.39, 0.29) is 5.97 Å². The van der Waals surface area contributed by atoms with Gasteiger partial charge in [0.25, 0.3) is 0 Å². The normalized spacial score (nSPS) is 28.4. The molecule has 2 atom stereocenters. The van der Waals surface area contributed by atoms with Gasteiger partial charge in [-0.3, -0.25) is 9.59 Å². The molecule has 0 bridgehead atoms. The van der Waals surface area contributed by atoms with Crippen LogP contribution in [0, 0.1) is 11.8 Å². The Kier molecular flexibility index (Phi) is 2.68. The molecule has 0 saturated heterocycles. The van der Waals surface area contributed by atoms with Gasteiger partial charge in [-0.1, -0.05) is 6.42 Å². The van der Waals surface area contributed by atoms with E-state index in [0.29, 0.717) is 12.8 Å². The Morgan fingerprint density at radius 3 is 2.42 bits per heavy atom. The van der Waals surface area contributed by atoms with E-state index >= 15 is 0 Å². The number of rotatable bonds is 2. The van der Waals surface area contributed by atoms with Gasteiger partial charge in [-0.25, -0.2) is 0 Å². The van der Waals surface area contributed by atoms with Gasteiger partial charge in [0.2, 0.25) is 0 Å². The molecule has 1 aliphatic carbocycles. The average molecular weight is 172 g/mol. The Hall–Kier alpha value is -1.06. The lowest BCUT2D eigenvalue weighted by atomic mass is 9.97. The van der Waals surface area contributed by atoms with Crippen LogP contribution in [0.3, 0.4) is 0 Å². The summed E-state index contributed by atoms with van der Waals surface area (Å²) in [6.45, 7) is 0. The zero-order chi connectivity index (χ0) is 9.14. The van der Waals surface area contributed by atoms with Gasteiger partial charge in [-0.15, -0.1) is 0 Å². The molecule has 1 N–H and O–H groups in total. The average Bonchev–Trinajstić information content (AvgIpc) is 2.50. The van der Waals surface area contributed by atoms with Gasteiger partial charge in [0.1, 0.15) is 0 Å². The van der Waals surface area contributed by atoms with Crippen molar-refractivity contribution in [3.05, 3.63) is 0 Å². The van der Waals surface area contributed by atoms with Crippen LogP contribution in [-0.2, 0) is 14.3 Å². The summed E-state index contributed by atoms with van der Waals surface area (Å²) in [5.41, 5.74) is 0. The number of carboxylic acids is 1. The Morgan fingerprint density at radius 2 is 1.92 bits per heavy atom. The molecule has 1 fully saturated rings. The smallest absolute Gasteiger partial charge is 0.309 e. The number of esters is 1. The molecule has 12 heavy (non-hydrogen) atoms. The zero-order valence-corrected chi connectivity index (χ0v) is 6.95. The second-order valence-electron chi connectivity index (χ2n) is 3.01. The number of hydrogen-bond donors (Lipinski definition) is 1. The molecule has 4 nitrogen and oxygen atoms in total. The van der Waals surface area contributed by atoms with E-state index in [0.717, 1.165) is 6.42 Å². The fourth-order valence-corrected chi connectivity index (χ4v) is 1.69. The number of carboxylic acid groups (broad SMARTS) is 1. The van der Waals surface area contributed by atoms with Crippen molar-refractivity contribution in [3.8, 4) is 0 Å². The van der Waals surface area contributed by atoms with Crippen molar-refractivity contribution >= 4 is 11.9 Å². The van der Waals surface area contributed by atoms with Crippen molar-refractivity contribution < 1.29 is 19.4 Å². The number of methoxy groups -OCH3 is 1. The highest BCUT2D eigenvalue weighted by molar-refractivity contribution is 5.81. The van der Waals surface area contributed by atoms with Crippen molar-refractivity contribution in [2.75, 3.05) is 7.11 Å². The molecule has 0 aliphatic heterocycles. The van der Waals surface area contributed by atoms with Crippen LogP contribution in [0.4, 0.5) is 0 Å². The first-order valence-corrected chi connectivity index (χ1v) is 3.97. The quantitative estimate of drug-likeness (QED) is 0.621.